The topological polar surface area (TPSA) is 54.9 Å². The Hall–Kier alpha value is -1.72. The smallest absolute Gasteiger partial charge is 0.255 e. The Morgan fingerprint density at radius 2 is 1.84 bits per heavy atom. The predicted molar refractivity (Wildman–Crippen MR) is 71.1 cm³/mol. The Morgan fingerprint density at radius 3 is 2.42 bits per heavy atom. The Balaban J connectivity index is 2.31. The zero-order chi connectivity index (χ0) is 14.0. The third-order valence-electron chi connectivity index (χ3n) is 2.30. The van der Waals surface area contributed by atoms with E-state index >= 15 is 0 Å². The van der Waals surface area contributed by atoms with Gasteiger partial charge in [-0.1, -0.05) is 23.2 Å². The first-order valence-electron chi connectivity index (χ1n) is 5.22. The molecular weight excluding hydrogens is 292 g/mol. The van der Waals surface area contributed by atoms with E-state index in [0.717, 1.165) is 6.07 Å². The number of benzene rings is 1. The molecule has 4 nitrogen and oxygen atoms in total. The van der Waals surface area contributed by atoms with Gasteiger partial charge in [-0.3, -0.25) is 4.79 Å². The van der Waals surface area contributed by atoms with Gasteiger partial charge in [0, 0.05) is 5.56 Å². The number of carbonyl (C=O) groups excluding carboxylic acids is 1. The van der Waals surface area contributed by atoms with Crippen LogP contribution in [0.1, 0.15) is 15.9 Å². The van der Waals surface area contributed by atoms with Crippen molar-refractivity contribution in [2.45, 2.75) is 6.92 Å². The van der Waals surface area contributed by atoms with E-state index in [9.17, 15) is 9.18 Å². The largest absolute Gasteiger partial charge is 0.317 e. The molecule has 0 saturated heterocycles. The van der Waals surface area contributed by atoms with Crippen LogP contribution in [0.5, 0.6) is 0 Å². The number of amides is 1. The highest BCUT2D eigenvalue weighted by Gasteiger charge is 2.14. The van der Waals surface area contributed by atoms with Crippen molar-refractivity contribution in [1.29, 1.82) is 0 Å². The third kappa shape index (κ3) is 3.19. The minimum atomic E-state index is -0.541. The molecule has 0 bridgehead atoms. The summed E-state index contributed by atoms with van der Waals surface area (Å²) < 4.78 is 13.2. The van der Waals surface area contributed by atoms with Gasteiger partial charge in [0.05, 0.1) is 0 Å². The van der Waals surface area contributed by atoms with E-state index in [4.69, 9.17) is 23.2 Å². The molecule has 19 heavy (non-hydrogen) atoms. The second-order valence-electron chi connectivity index (χ2n) is 3.80. The van der Waals surface area contributed by atoms with Crippen LogP contribution in [0.2, 0.25) is 10.3 Å². The van der Waals surface area contributed by atoms with Crippen molar-refractivity contribution < 1.29 is 9.18 Å². The monoisotopic (exact) mass is 299 g/mol. The number of aromatic nitrogens is 2. The molecule has 0 fully saturated rings. The third-order valence-corrected chi connectivity index (χ3v) is 2.87. The van der Waals surface area contributed by atoms with E-state index in [0.29, 0.717) is 5.56 Å². The SMILES string of the molecule is Cc1cc(F)cc(C(=O)Nc2c(Cl)ncnc2Cl)c1. The molecule has 1 aromatic heterocycles. The Labute approximate surface area is 118 Å². The molecule has 0 saturated carbocycles. The lowest BCUT2D eigenvalue weighted by Crippen LogP contribution is -2.14. The number of nitrogens with zero attached hydrogens (tertiary/aromatic N) is 2. The lowest BCUT2D eigenvalue weighted by atomic mass is 10.1. The van der Waals surface area contributed by atoms with Gasteiger partial charge in [0.15, 0.2) is 10.3 Å². The van der Waals surface area contributed by atoms with Crippen molar-refractivity contribution in [3.05, 3.63) is 51.8 Å². The summed E-state index contributed by atoms with van der Waals surface area (Å²) in [5, 5.41) is 2.49. The highest BCUT2D eigenvalue weighted by molar-refractivity contribution is 6.38. The normalized spacial score (nSPS) is 10.3. The van der Waals surface area contributed by atoms with Crippen molar-refractivity contribution in [3.63, 3.8) is 0 Å². The maximum absolute atomic E-state index is 13.2. The molecule has 1 amide bonds. The van der Waals surface area contributed by atoms with Gasteiger partial charge in [0.2, 0.25) is 0 Å². The molecule has 0 radical (unpaired) electrons. The minimum absolute atomic E-state index is 0.0153. The van der Waals surface area contributed by atoms with Crippen LogP contribution < -0.4 is 5.32 Å². The zero-order valence-corrected chi connectivity index (χ0v) is 11.3. The first-order valence-corrected chi connectivity index (χ1v) is 5.97. The zero-order valence-electron chi connectivity index (χ0n) is 9.75. The van der Waals surface area contributed by atoms with Gasteiger partial charge in [0.25, 0.3) is 5.91 Å². The fourth-order valence-electron chi connectivity index (χ4n) is 1.50. The molecule has 7 heteroatoms. The van der Waals surface area contributed by atoms with Crippen LogP contribution in [-0.2, 0) is 0 Å². The molecule has 98 valence electrons. The van der Waals surface area contributed by atoms with Crippen LogP contribution in [0.15, 0.2) is 24.5 Å². The summed E-state index contributed by atoms with van der Waals surface area (Å²) in [5.41, 5.74) is 0.887. The molecule has 0 aliphatic carbocycles. The van der Waals surface area contributed by atoms with E-state index in [1.54, 1.807) is 13.0 Å². The van der Waals surface area contributed by atoms with Gasteiger partial charge in [-0.2, -0.15) is 0 Å². The number of anilines is 1. The molecule has 2 aromatic rings. The van der Waals surface area contributed by atoms with Gasteiger partial charge in [-0.25, -0.2) is 14.4 Å². The number of nitrogens with one attached hydrogen (secondary N) is 1. The maximum Gasteiger partial charge on any atom is 0.255 e. The summed E-state index contributed by atoms with van der Waals surface area (Å²) in [6.45, 7) is 1.69. The van der Waals surface area contributed by atoms with Crippen LogP contribution in [0.25, 0.3) is 0 Å². The lowest BCUT2D eigenvalue weighted by Gasteiger charge is -2.08. The molecule has 0 spiro atoms. The molecule has 0 unspecified atom stereocenters. The fourth-order valence-corrected chi connectivity index (χ4v) is 1.91. The molecule has 0 atom stereocenters. The fraction of sp³-hybridized carbons (Fsp3) is 0.0833. The highest BCUT2D eigenvalue weighted by atomic mass is 35.5. The van der Waals surface area contributed by atoms with Gasteiger partial charge in [-0.05, 0) is 30.7 Å². The van der Waals surface area contributed by atoms with Crippen LogP contribution in [-0.4, -0.2) is 15.9 Å². The van der Waals surface area contributed by atoms with Gasteiger partial charge < -0.3 is 5.32 Å². The first-order chi connectivity index (χ1) is 8.97. The molecule has 0 aliphatic rings. The summed E-state index contributed by atoms with van der Waals surface area (Å²) in [5.74, 6) is -1.03. The molecule has 1 heterocycles. The number of rotatable bonds is 2. The standard InChI is InChI=1S/C12H8Cl2FN3O/c1-6-2-7(4-8(15)3-6)12(19)18-9-10(13)16-5-17-11(9)14/h2-5H,1H3,(H,18,19). The van der Waals surface area contributed by atoms with Crippen LogP contribution in [0.3, 0.4) is 0 Å². The van der Waals surface area contributed by atoms with Crippen molar-refractivity contribution in [2.75, 3.05) is 5.32 Å². The van der Waals surface area contributed by atoms with E-state index in [2.05, 4.69) is 15.3 Å². The number of aryl methyl sites for hydroxylation is 1. The minimum Gasteiger partial charge on any atom is -0.317 e. The second-order valence-corrected chi connectivity index (χ2v) is 4.52. The molecule has 1 aromatic carbocycles. The summed E-state index contributed by atoms with van der Waals surface area (Å²) in [6, 6.07) is 3.99. The maximum atomic E-state index is 13.2. The van der Waals surface area contributed by atoms with Crippen LogP contribution in [0, 0.1) is 12.7 Å². The highest BCUT2D eigenvalue weighted by Crippen LogP contribution is 2.26. The summed E-state index contributed by atoms with van der Waals surface area (Å²) in [7, 11) is 0. The van der Waals surface area contributed by atoms with Crippen molar-refractivity contribution >= 4 is 34.8 Å². The van der Waals surface area contributed by atoms with Crippen molar-refractivity contribution in [2.24, 2.45) is 0 Å². The average Bonchev–Trinajstić information content (AvgIpc) is 2.32. The second kappa shape index (κ2) is 5.50. The van der Waals surface area contributed by atoms with Crippen LogP contribution >= 0.6 is 23.2 Å². The van der Waals surface area contributed by atoms with Crippen molar-refractivity contribution in [3.8, 4) is 0 Å². The summed E-state index contributed by atoms with van der Waals surface area (Å²) in [4.78, 5) is 19.4. The van der Waals surface area contributed by atoms with Gasteiger partial charge in [0.1, 0.15) is 17.8 Å². The van der Waals surface area contributed by atoms with E-state index in [1.807, 2.05) is 0 Å². The molecule has 1 N–H and O–H groups in total. The summed E-state index contributed by atoms with van der Waals surface area (Å²) in [6.07, 6.45) is 1.17. The molecular formula is C12H8Cl2FN3O. The number of carbonyl (C=O) groups is 1. The van der Waals surface area contributed by atoms with E-state index in [1.165, 1.54) is 12.4 Å². The lowest BCUT2D eigenvalue weighted by molar-refractivity contribution is 0.102. The number of hydrogen-bond donors (Lipinski definition) is 1. The Morgan fingerprint density at radius 1 is 1.21 bits per heavy atom. The average molecular weight is 300 g/mol. The summed E-state index contributed by atoms with van der Waals surface area (Å²) >= 11 is 11.6. The van der Waals surface area contributed by atoms with E-state index < -0.39 is 11.7 Å². The van der Waals surface area contributed by atoms with Gasteiger partial charge in [-0.15, -0.1) is 0 Å². The number of hydrogen-bond acceptors (Lipinski definition) is 3. The predicted octanol–water partition coefficient (Wildman–Crippen LogP) is 3.48. The van der Waals surface area contributed by atoms with Crippen LogP contribution in [0.4, 0.5) is 10.1 Å². The van der Waals surface area contributed by atoms with E-state index in [-0.39, 0.29) is 21.6 Å². The Kier molecular flexibility index (Phi) is 3.97. The quantitative estimate of drug-likeness (QED) is 0.864. The first kappa shape index (κ1) is 13.7. The number of halogens is 3. The molecule has 2 rings (SSSR count). The van der Waals surface area contributed by atoms with Gasteiger partial charge >= 0.3 is 0 Å². The Bertz CT molecular complexity index is 608. The van der Waals surface area contributed by atoms with Crippen molar-refractivity contribution in [1.82, 2.24) is 9.97 Å². The molecule has 0 aliphatic heterocycles.